The van der Waals surface area contributed by atoms with E-state index in [0.717, 1.165) is 24.3 Å². The number of hydrogen-bond donors (Lipinski definition) is 1. The fourth-order valence-electron chi connectivity index (χ4n) is 1.90. The Kier molecular flexibility index (Phi) is 6.41. The molecular formula is C17H12F5NO3S. The van der Waals surface area contributed by atoms with Gasteiger partial charge in [0, 0.05) is 6.07 Å². The molecule has 0 aliphatic rings. The van der Waals surface area contributed by atoms with Crippen molar-refractivity contribution >= 4 is 10.0 Å². The van der Waals surface area contributed by atoms with Crippen molar-refractivity contribution in [1.29, 1.82) is 0 Å². The van der Waals surface area contributed by atoms with E-state index in [0.29, 0.717) is 6.07 Å². The number of sulfonamides is 1. The molecule has 10 heteroatoms. The highest BCUT2D eigenvalue weighted by molar-refractivity contribution is 7.89. The summed E-state index contributed by atoms with van der Waals surface area (Å²) in [6.07, 6.45) is -4.50. The highest BCUT2D eigenvalue weighted by Gasteiger charge is 2.30. The summed E-state index contributed by atoms with van der Waals surface area (Å²) in [5.41, 5.74) is -0.873. The van der Waals surface area contributed by atoms with Crippen molar-refractivity contribution in [1.82, 2.24) is 4.72 Å². The fraction of sp³-hybridized carbons (Fsp3) is 0.176. The SMILES string of the molecule is O=S(=O)(NCC#CCOc1cccc(C(F)(F)F)c1)c1ccc(F)cc1F. The lowest BCUT2D eigenvalue weighted by molar-refractivity contribution is -0.137. The second-order valence-electron chi connectivity index (χ2n) is 5.07. The zero-order chi connectivity index (χ0) is 20.1. The Morgan fingerprint density at radius 1 is 1.04 bits per heavy atom. The number of halogens is 5. The molecule has 2 aromatic rings. The molecule has 0 fully saturated rings. The van der Waals surface area contributed by atoms with E-state index in [1.165, 1.54) is 12.1 Å². The summed E-state index contributed by atoms with van der Waals surface area (Å²) in [5, 5.41) is 0. The smallest absolute Gasteiger partial charge is 0.416 e. The zero-order valence-electron chi connectivity index (χ0n) is 13.5. The maximum Gasteiger partial charge on any atom is 0.416 e. The third kappa shape index (κ3) is 5.94. The van der Waals surface area contributed by atoms with Crippen LogP contribution in [0.4, 0.5) is 22.0 Å². The molecule has 0 aliphatic heterocycles. The average Bonchev–Trinajstić information content (AvgIpc) is 2.57. The van der Waals surface area contributed by atoms with Gasteiger partial charge in [-0.1, -0.05) is 17.9 Å². The van der Waals surface area contributed by atoms with Gasteiger partial charge in [0.15, 0.2) is 0 Å². The van der Waals surface area contributed by atoms with E-state index < -0.39 is 44.8 Å². The zero-order valence-corrected chi connectivity index (χ0v) is 14.3. The lowest BCUT2D eigenvalue weighted by Gasteiger charge is -2.08. The van der Waals surface area contributed by atoms with Gasteiger partial charge in [0.1, 0.15) is 28.9 Å². The van der Waals surface area contributed by atoms with Crippen molar-refractivity contribution in [2.45, 2.75) is 11.1 Å². The fourth-order valence-corrected chi connectivity index (χ4v) is 2.88. The first-order valence-corrected chi connectivity index (χ1v) is 8.78. The molecule has 0 radical (unpaired) electrons. The van der Waals surface area contributed by atoms with Crippen LogP contribution < -0.4 is 9.46 Å². The van der Waals surface area contributed by atoms with Crippen LogP contribution in [0.15, 0.2) is 47.4 Å². The van der Waals surface area contributed by atoms with Gasteiger partial charge in [-0.2, -0.15) is 17.9 Å². The van der Waals surface area contributed by atoms with Crippen LogP contribution in [-0.4, -0.2) is 21.6 Å². The third-order valence-electron chi connectivity index (χ3n) is 3.13. The molecule has 0 heterocycles. The Morgan fingerprint density at radius 3 is 2.44 bits per heavy atom. The summed E-state index contributed by atoms with van der Waals surface area (Å²) in [7, 11) is -4.23. The summed E-state index contributed by atoms with van der Waals surface area (Å²) in [6.45, 7) is -0.682. The normalized spacial score (nSPS) is 11.6. The quantitative estimate of drug-likeness (QED) is 0.613. The van der Waals surface area contributed by atoms with Gasteiger partial charge >= 0.3 is 6.18 Å². The summed E-state index contributed by atoms with van der Waals surface area (Å²) in [6, 6.07) is 6.20. The number of hydrogen-bond acceptors (Lipinski definition) is 3. The Bertz CT molecular complexity index is 978. The summed E-state index contributed by atoms with van der Waals surface area (Å²) >= 11 is 0. The van der Waals surface area contributed by atoms with E-state index in [1.54, 1.807) is 0 Å². The number of nitrogens with one attached hydrogen (secondary N) is 1. The highest BCUT2D eigenvalue weighted by atomic mass is 32.2. The van der Waals surface area contributed by atoms with E-state index in [2.05, 4.69) is 11.8 Å². The molecule has 0 saturated heterocycles. The van der Waals surface area contributed by atoms with Gasteiger partial charge in [-0.05, 0) is 30.3 Å². The lowest BCUT2D eigenvalue weighted by atomic mass is 10.2. The average molecular weight is 405 g/mol. The van der Waals surface area contributed by atoms with Gasteiger partial charge < -0.3 is 4.74 Å². The van der Waals surface area contributed by atoms with Crippen LogP contribution in [0.5, 0.6) is 5.75 Å². The van der Waals surface area contributed by atoms with Crippen LogP contribution in [0, 0.1) is 23.5 Å². The molecule has 0 saturated carbocycles. The summed E-state index contributed by atoms with van der Waals surface area (Å²) < 4.78 is 94.8. The molecule has 0 amide bonds. The second-order valence-corrected chi connectivity index (χ2v) is 6.80. The number of alkyl halides is 3. The van der Waals surface area contributed by atoms with Gasteiger partial charge in [-0.3, -0.25) is 0 Å². The molecule has 4 nitrogen and oxygen atoms in total. The van der Waals surface area contributed by atoms with Crippen molar-refractivity contribution in [3.63, 3.8) is 0 Å². The topological polar surface area (TPSA) is 55.4 Å². The van der Waals surface area contributed by atoms with E-state index in [-0.39, 0.29) is 12.4 Å². The van der Waals surface area contributed by atoms with Crippen LogP contribution in [0.3, 0.4) is 0 Å². The molecule has 0 bridgehead atoms. The first kappa shape index (κ1) is 20.7. The van der Waals surface area contributed by atoms with Crippen molar-refractivity contribution in [2.24, 2.45) is 0 Å². The second kappa shape index (κ2) is 8.37. The summed E-state index contributed by atoms with van der Waals surface area (Å²) in [5.74, 6) is 2.57. The van der Waals surface area contributed by atoms with Crippen LogP contribution in [0.25, 0.3) is 0 Å². The largest absolute Gasteiger partial charge is 0.481 e. The molecule has 1 N–H and O–H groups in total. The lowest BCUT2D eigenvalue weighted by Crippen LogP contribution is -2.25. The summed E-state index contributed by atoms with van der Waals surface area (Å²) in [4.78, 5) is -0.731. The monoisotopic (exact) mass is 405 g/mol. The predicted molar refractivity (Wildman–Crippen MR) is 86.3 cm³/mol. The number of ether oxygens (including phenoxy) is 1. The van der Waals surface area contributed by atoms with E-state index in [9.17, 15) is 30.4 Å². The Labute approximate surface area is 152 Å². The maximum absolute atomic E-state index is 13.5. The Hall–Kier alpha value is -2.64. The van der Waals surface area contributed by atoms with Gasteiger partial charge in [0.05, 0.1) is 12.1 Å². The minimum atomic E-state index is -4.50. The van der Waals surface area contributed by atoms with Crippen LogP contribution in [0.1, 0.15) is 5.56 Å². The van der Waals surface area contributed by atoms with Crippen molar-refractivity contribution in [3.8, 4) is 17.6 Å². The van der Waals surface area contributed by atoms with Crippen molar-refractivity contribution < 1.29 is 35.1 Å². The van der Waals surface area contributed by atoms with Gasteiger partial charge in [-0.15, -0.1) is 0 Å². The molecule has 27 heavy (non-hydrogen) atoms. The number of benzene rings is 2. The first-order valence-electron chi connectivity index (χ1n) is 7.30. The molecule has 144 valence electrons. The van der Waals surface area contributed by atoms with Crippen LogP contribution in [0.2, 0.25) is 0 Å². The minimum Gasteiger partial charge on any atom is -0.481 e. The standard InChI is InChI=1S/C17H12F5NO3S/c18-13-6-7-16(15(19)11-13)27(24,25)23-8-1-2-9-26-14-5-3-4-12(10-14)17(20,21)22/h3-7,10-11,23H,8-9H2. The molecular weight excluding hydrogens is 393 g/mol. The number of rotatable bonds is 5. The molecule has 2 aromatic carbocycles. The molecule has 0 atom stereocenters. The van der Waals surface area contributed by atoms with Crippen molar-refractivity contribution in [2.75, 3.05) is 13.2 Å². The predicted octanol–water partition coefficient (Wildman–Crippen LogP) is 3.34. The highest BCUT2D eigenvalue weighted by Crippen LogP contribution is 2.31. The molecule has 2 rings (SSSR count). The van der Waals surface area contributed by atoms with E-state index in [4.69, 9.17) is 4.74 Å². The van der Waals surface area contributed by atoms with Gasteiger partial charge in [0.2, 0.25) is 10.0 Å². The van der Waals surface area contributed by atoms with E-state index >= 15 is 0 Å². The Morgan fingerprint density at radius 2 is 1.78 bits per heavy atom. The van der Waals surface area contributed by atoms with Gasteiger partial charge in [-0.25, -0.2) is 17.2 Å². The van der Waals surface area contributed by atoms with E-state index in [1.807, 2.05) is 4.72 Å². The van der Waals surface area contributed by atoms with Crippen molar-refractivity contribution in [3.05, 3.63) is 59.7 Å². The maximum atomic E-state index is 13.5. The first-order chi connectivity index (χ1) is 12.6. The molecule has 0 spiro atoms. The Balaban J connectivity index is 1.89. The molecule has 0 unspecified atom stereocenters. The minimum absolute atomic E-state index is 0.0481. The van der Waals surface area contributed by atoms with Gasteiger partial charge in [0.25, 0.3) is 0 Å². The third-order valence-corrected chi connectivity index (χ3v) is 4.57. The molecule has 0 aromatic heterocycles. The van der Waals surface area contributed by atoms with Crippen LogP contribution >= 0.6 is 0 Å². The molecule has 0 aliphatic carbocycles. The van der Waals surface area contributed by atoms with Crippen LogP contribution in [-0.2, 0) is 16.2 Å².